The van der Waals surface area contributed by atoms with E-state index < -0.39 is 0 Å². The van der Waals surface area contributed by atoms with Crippen LogP contribution in [0, 0.1) is 12.3 Å². The number of nitrogens with zero attached hydrogens (tertiary/aromatic N) is 2. The van der Waals surface area contributed by atoms with Crippen LogP contribution in [0.3, 0.4) is 0 Å². The number of anilines is 2. The van der Waals surface area contributed by atoms with E-state index >= 15 is 0 Å². The van der Waals surface area contributed by atoms with Crippen molar-refractivity contribution < 1.29 is 0 Å². The number of aryl methyl sites for hydroxylation is 1. The molecule has 0 unspecified atom stereocenters. The fourth-order valence-corrected chi connectivity index (χ4v) is 2.63. The molecule has 2 N–H and O–H groups in total. The molecule has 19 heavy (non-hydrogen) atoms. The average Bonchev–Trinajstić information content (AvgIpc) is 2.32. The van der Waals surface area contributed by atoms with Gasteiger partial charge in [-0.05, 0) is 44.9 Å². The molecule has 0 atom stereocenters. The normalized spacial score (nSPS) is 19.2. The highest BCUT2D eigenvalue weighted by atomic mass is 15.1. The SMILES string of the molecule is CCNc1nc(C)cc(NC2CCC(C)(C)CC2)n1. The summed E-state index contributed by atoms with van der Waals surface area (Å²) in [7, 11) is 0. The molecule has 0 aromatic carbocycles. The van der Waals surface area contributed by atoms with Crippen LogP contribution in [0.25, 0.3) is 0 Å². The molecule has 1 aromatic heterocycles. The van der Waals surface area contributed by atoms with E-state index in [0.29, 0.717) is 11.5 Å². The Balaban J connectivity index is 1.99. The summed E-state index contributed by atoms with van der Waals surface area (Å²) in [5.74, 6) is 1.68. The van der Waals surface area contributed by atoms with Crippen LogP contribution < -0.4 is 10.6 Å². The molecule has 0 radical (unpaired) electrons. The average molecular weight is 262 g/mol. The first kappa shape index (κ1) is 14.1. The molecule has 0 aliphatic heterocycles. The van der Waals surface area contributed by atoms with Crippen molar-refractivity contribution in [2.45, 2.75) is 59.4 Å². The Kier molecular flexibility index (Phi) is 4.27. The van der Waals surface area contributed by atoms with Gasteiger partial charge in [0.1, 0.15) is 5.82 Å². The zero-order valence-corrected chi connectivity index (χ0v) is 12.6. The van der Waals surface area contributed by atoms with Crippen molar-refractivity contribution in [1.29, 1.82) is 0 Å². The van der Waals surface area contributed by atoms with Crippen LogP contribution in [-0.2, 0) is 0 Å². The van der Waals surface area contributed by atoms with Crippen LogP contribution in [0.4, 0.5) is 11.8 Å². The molecule has 0 amide bonds. The molecule has 2 rings (SSSR count). The minimum atomic E-state index is 0.509. The van der Waals surface area contributed by atoms with E-state index in [9.17, 15) is 0 Å². The van der Waals surface area contributed by atoms with E-state index in [1.54, 1.807) is 0 Å². The van der Waals surface area contributed by atoms with Crippen molar-refractivity contribution in [3.63, 3.8) is 0 Å². The number of hydrogen-bond acceptors (Lipinski definition) is 4. The summed E-state index contributed by atoms with van der Waals surface area (Å²) < 4.78 is 0. The molecular formula is C15H26N4. The molecule has 1 heterocycles. The van der Waals surface area contributed by atoms with Gasteiger partial charge in [0.25, 0.3) is 0 Å². The van der Waals surface area contributed by atoms with E-state index in [0.717, 1.165) is 24.0 Å². The van der Waals surface area contributed by atoms with Crippen LogP contribution in [0.15, 0.2) is 6.07 Å². The van der Waals surface area contributed by atoms with Gasteiger partial charge in [-0.25, -0.2) is 4.98 Å². The molecule has 1 fully saturated rings. The molecule has 0 saturated heterocycles. The number of rotatable bonds is 4. The Morgan fingerprint density at radius 1 is 1.26 bits per heavy atom. The van der Waals surface area contributed by atoms with Gasteiger partial charge in [-0.1, -0.05) is 13.8 Å². The lowest BCUT2D eigenvalue weighted by Gasteiger charge is -2.34. The first-order valence-electron chi connectivity index (χ1n) is 7.34. The highest BCUT2D eigenvalue weighted by Crippen LogP contribution is 2.35. The molecule has 4 heteroatoms. The zero-order chi connectivity index (χ0) is 13.9. The standard InChI is InChI=1S/C15H26N4/c1-5-16-14-17-11(2)10-13(19-14)18-12-6-8-15(3,4)9-7-12/h10,12H,5-9H2,1-4H3,(H2,16,17,18,19). The summed E-state index contributed by atoms with van der Waals surface area (Å²) in [6.07, 6.45) is 5.03. The van der Waals surface area contributed by atoms with Gasteiger partial charge in [0.2, 0.25) is 5.95 Å². The van der Waals surface area contributed by atoms with Crippen molar-refractivity contribution in [3.8, 4) is 0 Å². The van der Waals surface area contributed by atoms with Crippen molar-refractivity contribution in [1.82, 2.24) is 9.97 Å². The van der Waals surface area contributed by atoms with E-state index in [-0.39, 0.29) is 0 Å². The quantitative estimate of drug-likeness (QED) is 0.870. The van der Waals surface area contributed by atoms with Crippen LogP contribution in [0.1, 0.15) is 52.1 Å². The third-order valence-electron chi connectivity index (χ3n) is 3.88. The summed E-state index contributed by atoms with van der Waals surface area (Å²) in [5, 5.41) is 6.74. The summed E-state index contributed by atoms with van der Waals surface area (Å²) in [6.45, 7) is 9.64. The van der Waals surface area contributed by atoms with Gasteiger partial charge in [-0.3, -0.25) is 0 Å². The maximum Gasteiger partial charge on any atom is 0.224 e. The predicted molar refractivity (Wildman–Crippen MR) is 80.6 cm³/mol. The summed E-state index contributed by atoms with van der Waals surface area (Å²) in [5.41, 5.74) is 1.51. The summed E-state index contributed by atoms with van der Waals surface area (Å²) >= 11 is 0. The Bertz CT molecular complexity index is 418. The first-order chi connectivity index (χ1) is 8.98. The van der Waals surface area contributed by atoms with Gasteiger partial charge >= 0.3 is 0 Å². The van der Waals surface area contributed by atoms with Gasteiger partial charge in [-0.15, -0.1) is 0 Å². The largest absolute Gasteiger partial charge is 0.367 e. The lowest BCUT2D eigenvalue weighted by atomic mass is 9.75. The lowest BCUT2D eigenvalue weighted by Crippen LogP contribution is -2.30. The minimum absolute atomic E-state index is 0.509. The Morgan fingerprint density at radius 2 is 1.95 bits per heavy atom. The van der Waals surface area contributed by atoms with Crippen molar-refractivity contribution in [3.05, 3.63) is 11.8 Å². The van der Waals surface area contributed by atoms with Crippen LogP contribution >= 0.6 is 0 Å². The molecule has 1 aromatic rings. The third kappa shape index (κ3) is 4.08. The Hall–Kier alpha value is -1.32. The highest BCUT2D eigenvalue weighted by molar-refractivity contribution is 5.42. The molecule has 106 valence electrons. The van der Waals surface area contributed by atoms with Gasteiger partial charge in [0.15, 0.2) is 0 Å². The van der Waals surface area contributed by atoms with Crippen LogP contribution in [0.2, 0.25) is 0 Å². The van der Waals surface area contributed by atoms with Gasteiger partial charge < -0.3 is 10.6 Å². The molecule has 0 bridgehead atoms. The number of aromatic nitrogens is 2. The smallest absolute Gasteiger partial charge is 0.224 e. The molecule has 1 aliphatic carbocycles. The lowest BCUT2D eigenvalue weighted by molar-refractivity contribution is 0.232. The van der Waals surface area contributed by atoms with Crippen LogP contribution in [0.5, 0.6) is 0 Å². The second kappa shape index (κ2) is 5.76. The van der Waals surface area contributed by atoms with Crippen molar-refractivity contribution >= 4 is 11.8 Å². The van der Waals surface area contributed by atoms with Gasteiger partial charge in [0.05, 0.1) is 0 Å². The molecule has 0 spiro atoms. The monoisotopic (exact) mass is 262 g/mol. The Morgan fingerprint density at radius 3 is 2.58 bits per heavy atom. The fraction of sp³-hybridized carbons (Fsp3) is 0.733. The maximum absolute atomic E-state index is 4.52. The number of hydrogen-bond donors (Lipinski definition) is 2. The second-order valence-corrected chi connectivity index (χ2v) is 6.33. The topological polar surface area (TPSA) is 49.8 Å². The Labute approximate surface area is 116 Å². The predicted octanol–water partition coefficient (Wildman–Crippen LogP) is 3.60. The fourth-order valence-electron chi connectivity index (χ4n) is 2.63. The van der Waals surface area contributed by atoms with Crippen molar-refractivity contribution in [2.24, 2.45) is 5.41 Å². The molecular weight excluding hydrogens is 236 g/mol. The van der Waals surface area contributed by atoms with Gasteiger partial charge in [-0.2, -0.15) is 4.98 Å². The van der Waals surface area contributed by atoms with E-state index in [2.05, 4.69) is 41.4 Å². The summed E-state index contributed by atoms with van der Waals surface area (Å²) in [4.78, 5) is 8.90. The van der Waals surface area contributed by atoms with Gasteiger partial charge in [0, 0.05) is 24.3 Å². The van der Waals surface area contributed by atoms with Crippen LogP contribution in [-0.4, -0.2) is 22.6 Å². The van der Waals surface area contributed by atoms with E-state index in [4.69, 9.17) is 0 Å². The number of nitrogens with one attached hydrogen (secondary N) is 2. The highest BCUT2D eigenvalue weighted by Gasteiger charge is 2.26. The molecule has 4 nitrogen and oxygen atoms in total. The maximum atomic E-state index is 4.52. The third-order valence-corrected chi connectivity index (χ3v) is 3.88. The zero-order valence-electron chi connectivity index (χ0n) is 12.6. The first-order valence-corrected chi connectivity index (χ1v) is 7.34. The second-order valence-electron chi connectivity index (χ2n) is 6.33. The molecule has 1 saturated carbocycles. The summed E-state index contributed by atoms with van der Waals surface area (Å²) in [6, 6.07) is 2.58. The van der Waals surface area contributed by atoms with Crippen molar-refractivity contribution in [2.75, 3.05) is 17.2 Å². The van der Waals surface area contributed by atoms with E-state index in [1.165, 1.54) is 25.7 Å². The van der Waals surface area contributed by atoms with E-state index in [1.807, 2.05) is 13.0 Å². The molecule has 1 aliphatic rings. The minimum Gasteiger partial charge on any atom is -0.367 e.